The van der Waals surface area contributed by atoms with E-state index in [1.807, 2.05) is 28.0 Å². The minimum absolute atomic E-state index is 0.0588. The van der Waals surface area contributed by atoms with E-state index in [4.69, 9.17) is 4.42 Å². The molecule has 2 aliphatic rings. The zero-order valence-corrected chi connectivity index (χ0v) is 16.6. The molecule has 2 aliphatic heterocycles. The van der Waals surface area contributed by atoms with Crippen LogP contribution in [0.2, 0.25) is 0 Å². The van der Waals surface area contributed by atoms with Crippen molar-refractivity contribution in [3.8, 4) is 0 Å². The lowest BCUT2D eigenvalue weighted by atomic mass is 10.2. The van der Waals surface area contributed by atoms with Crippen molar-refractivity contribution in [2.75, 3.05) is 63.8 Å². The Morgan fingerprint density at radius 2 is 1.66 bits per heavy atom. The zero-order valence-electron chi connectivity index (χ0n) is 16.6. The number of piperazine rings is 2. The van der Waals surface area contributed by atoms with Gasteiger partial charge in [-0.05, 0) is 24.3 Å². The van der Waals surface area contributed by atoms with Gasteiger partial charge >= 0.3 is 0 Å². The summed E-state index contributed by atoms with van der Waals surface area (Å²) < 4.78 is 5.19. The molecule has 0 N–H and O–H groups in total. The molecule has 2 aromatic rings. The van der Waals surface area contributed by atoms with E-state index in [0.717, 1.165) is 51.6 Å². The standard InChI is InChI=1S/C21H27N5O3/c27-20(25-15-13-24(14-16-25)19-5-1-2-7-22-19)6-8-23-9-11-26(12-10-23)21(28)18-4-3-17-29-18/h1-5,7,17H,6,8-16H2. The molecule has 4 heterocycles. The third-order valence-electron chi connectivity index (χ3n) is 5.64. The van der Waals surface area contributed by atoms with E-state index >= 15 is 0 Å². The fraction of sp³-hybridized carbons (Fsp3) is 0.476. The molecule has 0 bridgehead atoms. The quantitative estimate of drug-likeness (QED) is 0.754. The van der Waals surface area contributed by atoms with E-state index in [9.17, 15) is 9.59 Å². The summed E-state index contributed by atoms with van der Waals surface area (Å²) in [6.45, 7) is 6.74. The average molecular weight is 397 g/mol. The molecule has 2 fully saturated rings. The van der Waals surface area contributed by atoms with Crippen molar-refractivity contribution in [2.45, 2.75) is 6.42 Å². The summed E-state index contributed by atoms with van der Waals surface area (Å²) in [6.07, 6.45) is 3.84. The predicted molar refractivity (Wildman–Crippen MR) is 109 cm³/mol. The third kappa shape index (κ3) is 4.76. The molecule has 0 aliphatic carbocycles. The molecule has 154 valence electrons. The molecular weight excluding hydrogens is 370 g/mol. The van der Waals surface area contributed by atoms with Gasteiger partial charge < -0.3 is 19.1 Å². The lowest BCUT2D eigenvalue weighted by Crippen LogP contribution is -2.51. The molecule has 0 radical (unpaired) electrons. The lowest BCUT2D eigenvalue weighted by Gasteiger charge is -2.37. The number of hydrogen-bond donors (Lipinski definition) is 0. The second kappa shape index (κ2) is 9.09. The molecule has 2 amide bonds. The first-order valence-electron chi connectivity index (χ1n) is 10.2. The lowest BCUT2D eigenvalue weighted by molar-refractivity contribution is -0.131. The van der Waals surface area contributed by atoms with Gasteiger partial charge in [-0.2, -0.15) is 0 Å². The molecule has 0 aromatic carbocycles. The van der Waals surface area contributed by atoms with Crippen LogP contribution in [0.15, 0.2) is 47.2 Å². The number of pyridine rings is 1. The Balaban J connectivity index is 1.17. The van der Waals surface area contributed by atoms with Crippen LogP contribution in [0, 0.1) is 0 Å². The summed E-state index contributed by atoms with van der Waals surface area (Å²) in [5.74, 6) is 1.51. The third-order valence-corrected chi connectivity index (χ3v) is 5.64. The topological polar surface area (TPSA) is 73.1 Å². The van der Waals surface area contributed by atoms with Crippen LogP contribution >= 0.6 is 0 Å². The van der Waals surface area contributed by atoms with Crippen LogP contribution in [-0.4, -0.2) is 90.4 Å². The van der Waals surface area contributed by atoms with Crippen molar-refractivity contribution in [1.82, 2.24) is 19.7 Å². The Labute approximate surface area is 170 Å². The molecule has 29 heavy (non-hydrogen) atoms. The van der Waals surface area contributed by atoms with Crippen LogP contribution in [0.5, 0.6) is 0 Å². The van der Waals surface area contributed by atoms with Crippen LogP contribution in [-0.2, 0) is 4.79 Å². The highest BCUT2D eigenvalue weighted by molar-refractivity contribution is 5.91. The van der Waals surface area contributed by atoms with Crippen molar-refractivity contribution in [3.05, 3.63) is 48.6 Å². The Bertz CT molecular complexity index is 795. The maximum absolute atomic E-state index is 12.6. The van der Waals surface area contributed by atoms with Gasteiger partial charge in [0.05, 0.1) is 6.26 Å². The monoisotopic (exact) mass is 397 g/mol. The van der Waals surface area contributed by atoms with Crippen LogP contribution in [0.1, 0.15) is 17.0 Å². The molecule has 0 unspecified atom stereocenters. The van der Waals surface area contributed by atoms with E-state index in [0.29, 0.717) is 25.3 Å². The van der Waals surface area contributed by atoms with E-state index in [-0.39, 0.29) is 11.8 Å². The smallest absolute Gasteiger partial charge is 0.289 e. The molecule has 4 rings (SSSR count). The van der Waals surface area contributed by atoms with Gasteiger partial charge in [-0.15, -0.1) is 0 Å². The van der Waals surface area contributed by atoms with Crippen LogP contribution in [0.4, 0.5) is 5.82 Å². The first kappa shape index (κ1) is 19.4. The second-order valence-electron chi connectivity index (χ2n) is 7.42. The number of carbonyl (C=O) groups excluding carboxylic acids is 2. The van der Waals surface area contributed by atoms with Gasteiger partial charge in [0.2, 0.25) is 5.91 Å². The number of furan rings is 1. The maximum Gasteiger partial charge on any atom is 0.289 e. The van der Waals surface area contributed by atoms with Gasteiger partial charge in [0.15, 0.2) is 5.76 Å². The van der Waals surface area contributed by atoms with Gasteiger partial charge in [-0.3, -0.25) is 14.5 Å². The molecule has 0 saturated carbocycles. The maximum atomic E-state index is 12.6. The first-order chi connectivity index (χ1) is 14.2. The summed E-state index contributed by atoms with van der Waals surface area (Å²) in [6, 6.07) is 9.33. The Kier molecular flexibility index (Phi) is 6.09. The number of amides is 2. The van der Waals surface area contributed by atoms with Crippen molar-refractivity contribution in [2.24, 2.45) is 0 Å². The number of nitrogens with zero attached hydrogens (tertiary/aromatic N) is 5. The molecule has 2 aromatic heterocycles. The predicted octanol–water partition coefficient (Wildman–Crippen LogP) is 1.17. The van der Waals surface area contributed by atoms with Gasteiger partial charge in [0, 0.05) is 71.5 Å². The molecule has 0 spiro atoms. The van der Waals surface area contributed by atoms with Gasteiger partial charge in [0.1, 0.15) is 5.82 Å². The molecule has 2 saturated heterocycles. The minimum atomic E-state index is -0.0588. The van der Waals surface area contributed by atoms with E-state index in [2.05, 4.69) is 14.8 Å². The number of anilines is 1. The highest BCUT2D eigenvalue weighted by atomic mass is 16.3. The normalized spacial score (nSPS) is 18.1. The van der Waals surface area contributed by atoms with Crippen LogP contribution < -0.4 is 4.90 Å². The summed E-state index contributed by atoms with van der Waals surface area (Å²) in [5, 5.41) is 0. The van der Waals surface area contributed by atoms with Gasteiger partial charge in [0.25, 0.3) is 5.91 Å². The van der Waals surface area contributed by atoms with E-state index in [1.165, 1.54) is 6.26 Å². The Hall–Kier alpha value is -2.87. The van der Waals surface area contributed by atoms with Crippen molar-refractivity contribution >= 4 is 17.6 Å². The molecular formula is C21H27N5O3. The highest BCUT2D eigenvalue weighted by Gasteiger charge is 2.25. The zero-order chi connectivity index (χ0) is 20.1. The number of hydrogen-bond acceptors (Lipinski definition) is 6. The number of carbonyl (C=O) groups is 2. The Morgan fingerprint density at radius 1 is 0.897 bits per heavy atom. The van der Waals surface area contributed by atoms with E-state index in [1.54, 1.807) is 18.3 Å². The van der Waals surface area contributed by atoms with Gasteiger partial charge in [-0.1, -0.05) is 6.07 Å². The van der Waals surface area contributed by atoms with Crippen LogP contribution in [0.3, 0.4) is 0 Å². The minimum Gasteiger partial charge on any atom is -0.459 e. The van der Waals surface area contributed by atoms with Crippen molar-refractivity contribution in [3.63, 3.8) is 0 Å². The SMILES string of the molecule is O=C(CCN1CCN(C(=O)c2ccco2)CC1)N1CCN(c2ccccn2)CC1. The summed E-state index contributed by atoms with van der Waals surface area (Å²) in [7, 11) is 0. The molecule has 8 heteroatoms. The highest BCUT2D eigenvalue weighted by Crippen LogP contribution is 2.14. The molecule has 0 atom stereocenters. The second-order valence-corrected chi connectivity index (χ2v) is 7.42. The van der Waals surface area contributed by atoms with E-state index < -0.39 is 0 Å². The fourth-order valence-electron chi connectivity index (χ4n) is 3.87. The van der Waals surface area contributed by atoms with Crippen molar-refractivity contribution < 1.29 is 14.0 Å². The summed E-state index contributed by atoms with van der Waals surface area (Å²) in [4.78, 5) is 37.5. The van der Waals surface area contributed by atoms with Crippen molar-refractivity contribution in [1.29, 1.82) is 0 Å². The summed E-state index contributed by atoms with van der Waals surface area (Å²) >= 11 is 0. The summed E-state index contributed by atoms with van der Waals surface area (Å²) in [5.41, 5.74) is 0. The number of aromatic nitrogens is 1. The fourth-order valence-corrected chi connectivity index (χ4v) is 3.87. The number of rotatable bonds is 5. The average Bonchev–Trinajstić information content (AvgIpc) is 3.33. The molecule has 8 nitrogen and oxygen atoms in total. The largest absolute Gasteiger partial charge is 0.459 e. The van der Waals surface area contributed by atoms with Crippen LogP contribution in [0.25, 0.3) is 0 Å². The first-order valence-corrected chi connectivity index (χ1v) is 10.2. The Morgan fingerprint density at radius 3 is 2.31 bits per heavy atom. The van der Waals surface area contributed by atoms with Gasteiger partial charge in [-0.25, -0.2) is 4.98 Å².